The number of hydrogen-bond donors (Lipinski definition) is 0. The minimum Gasteiger partial charge on any atom is -0.466 e. The van der Waals surface area contributed by atoms with Crippen molar-refractivity contribution in [3.05, 3.63) is 40.8 Å². The van der Waals surface area contributed by atoms with Gasteiger partial charge in [-0.2, -0.15) is 0 Å². The number of benzene rings is 1. The number of nitrogens with zero attached hydrogens (tertiary/aromatic N) is 1. The Kier molecular flexibility index (Phi) is 5.52. The molecule has 6 heteroatoms. The fraction of sp³-hybridized carbons (Fsp3) is 0.267. The van der Waals surface area contributed by atoms with Crippen LogP contribution in [0.5, 0.6) is 0 Å². The van der Waals surface area contributed by atoms with E-state index in [4.69, 9.17) is 17.0 Å². The predicted molar refractivity (Wildman–Crippen MR) is 87.6 cm³/mol. The zero-order valence-corrected chi connectivity index (χ0v) is 13.2. The molecule has 21 heavy (non-hydrogen) atoms. The third kappa shape index (κ3) is 4.15. The van der Waals surface area contributed by atoms with Crippen LogP contribution in [-0.2, 0) is 14.3 Å². The summed E-state index contributed by atoms with van der Waals surface area (Å²) in [7, 11) is 0. The number of hydrogen-bond acceptors (Lipinski definition) is 5. The van der Waals surface area contributed by atoms with Gasteiger partial charge in [0.05, 0.1) is 17.9 Å². The highest BCUT2D eigenvalue weighted by molar-refractivity contribution is 8.26. The molecule has 0 N–H and O–H groups in total. The van der Waals surface area contributed by atoms with Gasteiger partial charge < -0.3 is 4.74 Å². The molecule has 0 radical (unpaired) electrons. The maximum Gasteiger partial charge on any atom is 0.307 e. The Morgan fingerprint density at radius 1 is 1.38 bits per heavy atom. The van der Waals surface area contributed by atoms with Crippen LogP contribution >= 0.6 is 24.0 Å². The Hall–Kier alpha value is -1.66. The topological polar surface area (TPSA) is 46.6 Å². The summed E-state index contributed by atoms with van der Waals surface area (Å²) in [6.45, 7) is 2.35. The summed E-state index contributed by atoms with van der Waals surface area (Å²) < 4.78 is 5.33. The molecule has 0 atom stereocenters. The van der Waals surface area contributed by atoms with Crippen LogP contribution in [0, 0.1) is 0 Å². The molecule has 1 saturated heterocycles. The third-order valence-corrected chi connectivity index (χ3v) is 4.19. The Bertz CT molecular complexity index is 584. The van der Waals surface area contributed by atoms with E-state index in [1.807, 2.05) is 36.4 Å². The average Bonchev–Trinajstić information content (AvgIpc) is 2.73. The number of carbonyl (C=O) groups excluding carboxylic acids is 2. The largest absolute Gasteiger partial charge is 0.466 e. The lowest BCUT2D eigenvalue weighted by molar-refractivity contribution is -0.143. The number of carbonyl (C=O) groups is 2. The average molecular weight is 321 g/mol. The van der Waals surface area contributed by atoms with Crippen LogP contribution in [0.4, 0.5) is 0 Å². The van der Waals surface area contributed by atoms with Crippen LogP contribution in [0.15, 0.2) is 35.2 Å². The molecule has 0 spiro atoms. The molecule has 0 unspecified atom stereocenters. The van der Waals surface area contributed by atoms with Gasteiger partial charge in [-0.3, -0.25) is 14.5 Å². The van der Waals surface area contributed by atoms with Crippen LogP contribution in [-0.4, -0.2) is 34.2 Å². The van der Waals surface area contributed by atoms with Gasteiger partial charge in [-0.1, -0.05) is 54.3 Å². The van der Waals surface area contributed by atoms with Crippen molar-refractivity contribution in [3.8, 4) is 0 Å². The van der Waals surface area contributed by atoms with Gasteiger partial charge in [0, 0.05) is 6.54 Å². The molecule has 1 aromatic rings. The van der Waals surface area contributed by atoms with Crippen molar-refractivity contribution < 1.29 is 14.3 Å². The molecular formula is C15H15NO3S2. The highest BCUT2D eigenvalue weighted by Crippen LogP contribution is 2.32. The van der Waals surface area contributed by atoms with E-state index in [9.17, 15) is 9.59 Å². The summed E-state index contributed by atoms with van der Waals surface area (Å²) in [5.41, 5.74) is 0.948. The molecule has 110 valence electrons. The zero-order valence-electron chi connectivity index (χ0n) is 11.6. The molecule has 1 aromatic carbocycles. The molecule has 0 bridgehead atoms. The Morgan fingerprint density at radius 3 is 2.76 bits per heavy atom. The minimum atomic E-state index is -0.321. The van der Waals surface area contributed by atoms with Crippen molar-refractivity contribution in [2.75, 3.05) is 13.2 Å². The first kappa shape index (κ1) is 15.7. The van der Waals surface area contributed by atoms with Crippen LogP contribution in [0.1, 0.15) is 18.9 Å². The Morgan fingerprint density at radius 2 is 2.10 bits per heavy atom. The summed E-state index contributed by atoms with van der Waals surface area (Å²) in [6, 6.07) is 9.58. The second-order valence-electron chi connectivity index (χ2n) is 4.30. The molecule has 1 fully saturated rings. The van der Waals surface area contributed by atoms with E-state index in [0.29, 0.717) is 15.8 Å². The SMILES string of the molecule is CCOC(=O)CCN1C(=O)/C(=C\c2ccccc2)SC1=S. The second-order valence-corrected chi connectivity index (χ2v) is 5.97. The van der Waals surface area contributed by atoms with E-state index in [-0.39, 0.29) is 24.8 Å². The molecule has 1 heterocycles. The van der Waals surface area contributed by atoms with Crippen LogP contribution in [0.2, 0.25) is 0 Å². The van der Waals surface area contributed by atoms with Gasteiger partial charge in [0.1, 0.15) is 4.32 Å². The van der Waals surface area contributed by atoms with Crippen molar-refractivity contribution in [1.29, 1.82) is 0 Å². The molecule has 0 saturated carbocycles. The number of thioether (sulfide) groups is 1. The quantitative estimate of drug-likeness (QED) is 0.474. The number of esters is 1. The summed E-state index contributed by atoms with van der Waals surface area (Å²) in [5, 5.41) is 0. The van der Waals surface area contributed by atoms with Crippen molar-refractivity contribution in [2.24, 2.45) is 0 Å². The van der Waals surface area contributed by atoms with Crippen LogP contribution in [0.25, 0.3) is 6.08 Å². The maximum atomic E-state index is 12.3. The lowest BCUT2D eigenvalue weighted by Crippen LogP contribution is -2.30. The standard InChI is InChI=1S/C15H15NO3S2/c1-2-19-13(17)8-9-16-14(18)12(21-15(16)20)10-11-6-4-3-5-7-11/h3-7,10H,2,8-9H2,1H3/b12-10+. The number of ether oxygens (including phenoxy) is 1. The van der Waals surface area contributed by atoms with E-state index in [0.717, 1.165) is 5.56 Å². The van der Waals surface area contributed by atoms with Crippen LogP contribution < -0.4 is 0 Å². The van der Waals surface area contributed by atoms with Crippen molar-refractivity contribution >= 4 is 46.3 Å². The lowest BCUT2D eigenvalue weighted by atomic mass is 10.2. The first-order chi connectivity index (χ1) is 10.1. The predicted octanol–water partition coefficient (Wildman–Crippen LogP) is 2.84. The molecule has 1 aliphatic heterocycles. The maximum absolute atomic E-state index is 12.3. The third-order valence-electron chi connectivity index (χ3n) is 2.82. The smallest absolute Gasteiger partial charge is 0.307 e. The van der Waals surface area contributed by atoms with E-state index in [2.05, 4.69) is 0 Å². The van der Waals surface area contributed by atoms with Gasteiger partial charge in [-0.15, -0.1) is 0 Å². The lowest BCUT2D eigenvalue weighted by Gasteiger charge is -2.13. The van der Waals surface area contributed by atoms with Gasteiger partial charge in [-0.05, 0) is 18.6 Å². The van der Waals surface area contributed by atoms with Gasteiger partial charge in [0.15, 0.2) is 0 Å². The molecule has 4 nitrogen and oxygen atoms in total. The van der Waals surface area contributed by atoms with Crippen LogP contribution in [0.3, 0.4) is 0 Å². The second kappa shape index (κ2) is 7.38. The highest BCUT2D eigenvalue weighted by atomic mass is 32.2. The summed E-state index contributed by atoms with van der Waals surface area (Å²) in [6.07, 6.45) is 1.96. The molecule has 1 aliphatic rings. The zero-order chi connectivity index (χ0) is 15.2. The Balaban J connectivity index is 2.03. The number of thiocarbonyl (C=S) groups is 1. The van der Waals surface area contributed by atoms with Crippen molar-refractivity contribution in [2.45, 2.75) is 13.3 Å². The van der Waals surface area contributed by atoms with Gasteiger partial charge >= 0.3 is 5.97 Å². The number of rotatable bonds is 5. The highest BCUT2D eigenvalue weighted by Gasteiger charge is 2.32. The summed E-state index contributed by atoms with van der Waals surface area (Å²) >= 11 is 6.46. The fourth-order valence-corrected chi connectivity index (χ4v) is 3.14. The Labute approximate surface area is 133 Å². The molecule has 1 amide bonds. The number of amides is 1. The monoisotopic (exact) mass is 321 g/mol. The van der Waals surface area contributed by atoms with Crippen molar-refractivity contribution in [3.63, 3.8) is 0 Å². The van der Waals surface area contributed by atoms with Crippen molar-refractivity contribution in [1.82, 2.24) is 4.90 Å². The molecule has 0 aliphatic carbocycles. The van der Waals surface area contributed by atoms with Gasteiger partial charge in [-0.25, -0.2) is 0 Å². The fourth-order valence-electron chi connectivity index (χ4n) is 1.83. The summed E-state index contributed by atoms with van der Waals surface area (Å²) in [4.78, 5) is 25.7. The van der Waals surface area contributed by atoms with E-state index in [1.165, 1.54) is 16.7 Å². The normalized spacial score (nSPS) is 16.6. The molecule has 0 aromatic heterocycles. The first-order valence-electron chi connectivity index (χ1n) is 6.58. The summed E-state index contributed by atoms with van der Waals surface area (Å²) in [5.74, 6) is -0.475. The van der Waals surface area contributed by atoms with E-state index < -0.39 is 0 Å². The molecular weight excluding hydrogens is 306 g/mol. The van der Waals surface area contributed by atoms with E-state index >= 15 is 0 Å². The van der Waals surface area contributed by atoms with Gasteiger partial charge in [0.25, 0.3) is 5.91 Å². The van der Waals surface area contributed by atoms with Gasteiger partial charge in [0.2, 0.25) is 0 Å². The van der Waals surface area contributed by atoms with E-state index in [1.54, 1.807) is 6.92 Å². The first-order valence-corrected chi connectivity index (χ1v) is 7.80. The minimum absolute atomic E-state index is 0.152. The molecule has 2 rings (SSSR count).